The van der Waals surface area contributed by atoms with E-state index in [0.717, 1.165) is 29.5 Å². The highest BCUT2D eigenvalue weighted by Crippen LogP contribution is 2.11. The smallest absolute Gasteiger partial charge is 0.256 e. The largest absolute Gasteiger partial charge is 0.280 e. The van der Waals surface area contributed by atoms with E-state index in [1.165, 1.54) is 0 Å². The molecular weight excluding hydrogens is 274 g/mol. The third kappa shape index (κ3) is 4.24. The van der Waals surface area contributed by atoms with Crippen LogP contribution in [-0.2, 0) is 16.4 Å². The molecule has 0 saturated heterocycles. The maximum Gasteiger partial charge on any atom is 0.256 e. The third-order valence-electron chi connectivity index (χ3n) is 2.64. The van der Waals surface area contributed by atoms with Crippen molar-refractivity contribution in [3.05, 3.63) is 53.1 Å². The lowest BCUT2D eigenvalue weighted by molar-refractivity contribution is 0.609. The Morgan fingerprint density at radius 3 is 2.75 bits per heavy atom. The predicted molar refractivity (Wildman–Crippen MR) is 80.6 cm³/mol. The van der Waals surface area contributed by atoms with Gasteiger partial charge in [-0.05, 0) is 18.1 Å². The molecule has 0 amide bonds. The lowest BCUT2D eigenvalue weighted by atomic mass is 10.2. The van der Waals surface area contributed by atoms with Crippen molar-refractivity contribution in [3.63, 3.8) is 0 Å². The van der Waals surface area contributed by atoms with Crippen molar-refractivity contribution in [3.8, 4) is 0 Å². The molecule has 2 rings (SSSR count). The molecule has 1 aromatic carbocycles. The van der Waals surface area contributed by atoms with Crippen LogP contribution in [0.5, 0.6) is 0 Å². The first-order chi connectivity index (χ1) is 9.59. The van der Waals surface area contributed by atoms with Crippen molar-refractivity contribution in [2.45, 2.75) is 19.8 Å². The van der Waals surface area contributed by atoms with Crippen molar-refractivity contribution in [2.24, 2.45) is 0 Å². The van der Waals surface area contributed by atoms with E-state index >= 15 is 0 Å². The van der Waals surface area contributed by atoms with E-state index in [-0.39, 0.29) is 0 Å². The number of anilines is 1. The highest BCUT2D eigenvalue weighted by Gasteiger charge is 2.08. The molecule has 0 aliphatic heterocycles. The Labute approximate surface area is 118 Å². The summed E-state index contributed by atoms with van der Waals surface area (Å²) in [7, 11) is -3.55. The van der Waals surface area contributed by atoms with E-state index in [9.17, 15) is 8.42 Å². The zero-order chi connectivity index (χ0) is 14.4. The van der Waals surface area contributed by atoms with Crippen molar-refractivity contribution in [2.75, 3.05) is 4.72 Å². The van der Waals surface area contributed by atoms with E-state index in [2.05, 4.69) is 14.9 Å². The second kappa shape index (κ2) is 6.38. The molecule has 0 aliphatic carbocycles. The minimum atomic E-state index is -3.55. The molecule has 6 heteroatoms. The van der Waals surface area contributed by atoms with Crippen LogP contribution < -0.4 is 4.72 Å². The summed E-state index contributed by atoms with van der Waals surface area (Å²) in [6, 6.07) is 11.0. The van der Waals surface area contributed by atoms with Crippen LogP contribution >= 0.6 is 0 Å². The average Bonchev–Trinajstić information content (AvgIpc) is 2.85. The van der Waals surface area contributed by atoms with Gasteiger partial charge >= 0.3 is 0 Å². The van der Waals surface area contributed by atoms with Crippen LogP contribution in [0, 0.1) is 0 Å². The molecule has 0 saturated carbocycles. The monoisotopic (exact) mass is 291 g/mol. The Morgan fingerprint density at radius 2 is 2.05 bits per heavy atom. The molecule has 2 N–H and O–H groups in total. The van der Waals surface area contributed by atoms with Crippen LogP contribution in [0.1, 0.15) is 24.6 Å². The molecule has 5 nitrogen and oxygen atoms in total. The molecule has 0 radical (unpaired) electrons. The Balaban J connectivity index is 2.05. The zero-order valence-electron chi connectivity index (χ0n) is 11.2. The topological polar surface area (TPSA) is 74.8 Å². The standard InChI is InChI=1S/C14H17N3O2S/c1-2-6-13-11-14(16-15-13)17-20(18,19)10-9-12-7-4-3-5-8-12/h3-5,7-11H,2,6H2,1H3,(H2,15,16,17)/b10-9+. The number of H-pyrrole nitrogens is 1. The van der Waals surface area contributed by atoms with Gasteiger partial charge in [-0.1, -0.05) is 43.7 Å². The fourth-order valence-corrected chi connectivity index (χ4v) is 2.52. The first kappa shape index (κ1) is 14.3. The van der Waals surface area contributed by atoms with Crippen molar-refractivity contribution >= 4 is 21.9 Å². The number of sulfonamides is 1. The number of hydrogen-bond acceptors (Lipinski definition) is 3. The van der Waals surface area contributed by atoms with E-state index in [1.807, 2.05) is 37.3 Å². The highest BCUT2D eigenvalue weighted by molar-refractivity contribution is 7.95. The van der Waals surface area contributed by atoms with Gasteiger partial charge in [-0.15, -0.1) is 0 Å². The summed E-state index contributed by atoms with van der Waals surface area (Å²) in [5.41, 5.74) is 1.74. The van der Waals surface area contributed by atoms with Gasteiger partial charge < -0.3 is 0 Å². The van der Waals surface area contributed by atoms with Gasteiger partial charge in [0.25, 0.3) is 10.0 Å². The van der Waals surface area contributed by atoms with E-state index < -0.39 is 10.0 Å². The molecule has 106 valence electrons. The van der Waals surface area contributed by atoms with Crippen LogP contribution in [0.3, 0.4) is 0 Å². The Morgan fingerprint density at radius 1 is 1.30 bits per heavy atom. The summed E-state index contributed by atoms with van der Waals surface area (Å²) >= 11 is 0. The van der Waals surface area contributed by atoms with Gasteiger partial charge in [0.15, 0.2) is 5.82 Å². The second-order valence-electron chi connectivity index (χ2n) is 4.39. The fraction of sp³-hybridized carbons (Fsp3) is 0.214. The quantitative estimate of drug-likeness (QED) is 0.859. The van der Waals surface area contributed by atoms with Gasteiger partial charge in [0.2, 0.25) is 0 Å². The first-order valence-electron chi connectivity index (χ1n) is 6.39. The van der Waals surface area contributed by atoms with Crippen molar-refractivity contribution in [1.29, 1.82) is 0 Å². The minimum absolute atomic E-state index is 0.311. The van der Waals surface area contributed by atoms with E-state index in [4.69, 9.17) is 0 Å². The second-order valence-corrected chi connectivity index (χ2v) is 5.96. The third-order valence-corrected chi connectivity index (χ3v) is 3.62. The summed E-state index contributed by atoms with van der Waals surface area (Å²) in [5.74, 6) is 0.311. The van der Waals surface area contributed by atoms with Crippen molar-refractivity contribution < 1.29 is 8.42 Å². The molecule has 0 spiro atoms. The van der Waals surface area contributed by atoms with Crippen LogP contribution in [0.25, 0.3) is 6.08 Å². The van der Waals surface area contributed by atoms with Crippen LogP contribution in [-0.4, -0.2) is 18.6 Å². The fourth-order valence-electron chi connectivity index (χ4n) is 1.72. The Kier molecular flexibility index (Phi) is 4.57. The van der Waals surface area contributed by atoms with E-state index in [1.54, 1.807) is 12.1 Å². The molecule has 0 bridgehead atoms. The number of nitrogens with zero attached hydrogens (tertiary/aromatic N) is 1. The summed E-state index contributed by atoms with van der Waals surface area (Å²) < 4.78 is 26.2. The normalized spacial score (nSPS) is 11.8. The molecule has 2 aromatic rings. The molecule has 1 heterocycles. The number of hydrogen-bond donors (Lipinski definition) is 2. The van der Waals surface area contributed by atoms with Crippen LogP contribution in [0.15, 0.2) is 41.8 Å². The Hall–Kier alpha value is -2.08. The summed E-state index contributed by atoms with van der Waals surface area (Å²) in [6.45, 7) is 2.05. The maximum atomic E-state index is 11.9. The SMILES string of the molecule is CCCc1cc(NS(=O)(=O)/C=C/c2ccccc2)n[nH]1. The zero-order valence-corrected chi connectivity index (χ0v) is 12.0. The lowest BCUT2D eigenvalue weighted by Crippen LogP contribution is -2.09. The number of nitrogens with one attached hydrogen (secondary N) is 2. The molecular formula is C14H17N3O2S. The van der Waals surface area contributed by atoms with Crippen molar-refractivity contribution in [1.82, 2.24) is 10.2 Å². The minimum Gasteiger partial charge on any atom is -0.280 e. The number of aryl methyl sites for hydroxylation is 1. The molecule has 0 aliphatic rings. The van der Waals surface area contributed by atoms with Crippen LogP contribution in [0.4, 0.5) is 5.82 Å². The highest BCUT2D eigenvalue weighted by atomic mass is 32.2. The lowest BCUT2D eigenvalue weighted by Gasteiger charge is -1.99. The number of aromatic nitrogens is 2. The number of rotatable bonds is 6. The van der Waals surface area contributed by atoms with Gasteiger partial charge in [-0.25, -0.2) is 8.42 Å². The van der Waals surface area contributed by atoms with Gasteiger partial charge in [-0.2, -0.15) is 5.10 Å². The van der Waals surface area contributed by atoms with E-state index in [0.29, 0.717) is 5.82 Å². The molecule has 20 heavy (non-hydrogen) atoms. The summed E-state index contributed by atoms with van der Waals surface area (Å²) in [6.07, 6.45) is 3.36. The maximum absolute atomic E-state index is 11.9. The first-order valence-corrected chi connectivity index (χ1v) is 7.94. The molecule has 0 unspecified atom stereocenters. The van der Waals surface area contributed by atoms with Gasteiger partial charge in [0, 0.05) is 11.8 Å². The predicted octanol–water partition coefficient (Wildman–Crippen LogP) is 2.77. The van der Waals surface area contributed by atoms with Crippen LogP contribution in [0.2, 0.25) is 0 Å². The average molecular weight is 291 g/mol. The number of aromatic amines is 1. The Bertz CT molecular complexity index is 675. The van der Waals surface area contributed by atoms with Gasteiger partial charge in [-0.3, -0.25) is 9.82 Å². The summed E-state index contributed by atoms with van der Waals surface area (Å²) in [4.78, 5) is 0. The molecule has 1 aromatic heterocycles. The molecule has 0 fully saturated rings. The van der Waals surface area contributed by atoms with Gasteiger partial charge in [0.05, 0.1) is 5.41 Å². The number of benzene rings is 1. The summed E-state index contributed by atoms with van der Waals surface area (Å²) in [5, 5.41) is 7.86. The van der Waals surface area contributed by atoms with Gasteiger partial charge in [0.1, 0.15) is 0 Å². The molecule has 0 atom stereocenters.